The molecule has 4 nitrogen and oxygen atoms in total. The van der Waals surface area contributed by atoms with Crippen molar-refractivity contribution in [1.29, 1.82) is 0 Å². The molecular formula is C14H23N3O. The second-order valence-electron chi connectivity index (χ2n) is 6.29. The highest BCUT2D eigenvalue weighted by molar-refractivity contribution is 5.92. The van der Waals surface area contributed by atoms with Gasteiger partial charge in [0.25, 0.3) is 0 Å². The highest BCUT2D eigenvalue weighted by Crippen LogP contribution is 2.42. The van der Waals surface area contributed by atoms with Crippen molar-refractivity contribution in [2.75, 3.05) is 5.32 Å². The third-order valence-electron chi connectivity index (χ3n) is 4.04. The molecule has 0 aromatic carbocycles. The molecule has 0 radical (unpaired) electrons. The summed E-state index contributed by atoms with van der Waals surface area (Å²) in [7, 11) is 0. The maximum Gasteiger partial charge on any atom is 0.229 e. The van der Waals surface area contributed by atoms with Gasteiger partial charge in [0.05, 0.1) is 0 Å². The van der Waals surface area contributed by atoms with Crippen LogP contribution in [0.3, 0.4) is 0 Å². The van der Waals surface area contributed by atoms with Gasteiger partial charge < -0.3 is 5.32 Å². The van der Waals surface area contributed by atoms with Crippen LogP contribution < -0.4 is 5.32 Å². The summed E-state index contributed by atoms with van der Waals surface area (Å²) in [5.41, 5.74) is 1.16. The van der Waals surface area contributed by atoms with Gasteiger partial charge in [-0.15, -0.1) is 0 Å². The lowest BCUT2D eigenvalue weighted by Gasteiger charge is -2.25. The number of hydrogen-bond acceptors (Lipinski definition) is 2. The molecular weight excluding hydrogens is 226 g/mol. The molecule has 1 fully saturated rings. The standard InChI is InChI=1S/C14H23N3O/c1-9(2)11-8-12(17-16-11)15-13(18)10-6-5-7-14(10,3)4/h8-10H,5-7H2,1-4H3,(H2,15,16,17,18). The van der Waals surface area contributed by atoms with E-state index in [9.17, 15) is 4.79 Å². The van der Waals surface area contributed by atoms with Crippen LogP contribution >= 0.6 is 0 Å². The molecule has 2 rings (SSSR count). The van der Waals surface area contributed by atoms with Gasteiger partial charge in [0.15, 0.2) is 5.82 Å². The van der Waals surface area contributed by atoms with E-state index < -0.39 is 0 Å². The van der Waals surface area contributed by atoms with E-state index in [1.54, 1.807) is 0 Å². The highest BCUT2D eigenvalue weighted by Gasteiger charge is 2.39. The zero-order valence-electron chi connectivity index (χ0n) is 11.7. The molecule has 1 aromatic heterocycles. The minimum absolute atomic E-state index is 0.108. The smallest absolute Gasteiger partial charge is 0.229 e. The van der Waals surface area contributed by atoms with Crippen LogP contribution in [0.1, 0.15) is 58.6 Å². The number of H-pyrrole nitrogens is 1. The Morgan fingerprint density at radius 1 is 1.56 bits per heavy atom. The average Bonchev–Trinajstić information content (AvgIpc) is 2.84. The molecule has 1 aliphatic rings. The number of nitrogens with one attached hydrogen (secondary N) is 2. The van der Waals surface area contributed by atoms with Crippen LogP contribution in [-0.4, -0.2) is 16.1 Å². The van der Waals surface area contributed by atoms with Gasteiger partial charge in [-0.25, -0.2) is 0 Å². The van der Waals surface area contributed by atoms with Gasteiger partial charge in [0.1, 0.15) is 0 Å². The zero-order chi connectivity index (χ0) is 13.3. The van der Waals surface area contributed by atoms with Crippen molar-refractivity contribution < 1.29 is 4.79 Å². The van der Waals surface area contributed by atoms with Gasteiger partial charge >= 0.3 is 0 Å². The first-order valence-electron chi connectivity index (χ1n) is 6.76. The van der Waals surface area contributed by atoms with Crippen molar-refractivity contribution in [1.82, 2.24) is 10.2 Å². The predicted molar refractivity (Wildman–Crippen MR) is 72.4 cm³/mol. The lowest BCUT2D eigenvalue weighted by molar-refractivity contribution is -0.122. The first-order chi connectivity index (χ1) is 8.40. The molecule has 1 saturated carbocycles. The van der Waals surface area contributed by atoms with Gasteiger partial charge in [-0.3, -0.25) is 9.89 Å². The summed E-state index contributed by atoms with van der Waals surface area (Å²) < 4.78 is 0. The first-order valence-corrected chi connectivity index (χ1v) is 6.76. The Labute approximate surface area is 109 Å². The van der Waals surface area contributed by atoms with E-state index in [2.05, 4.69) is 43.2 Å². The number of aromatic amines is 1. The van der Waals surface area contributed by atoms with E-state index in [1.165, 1.54) is 0 Å². The highest BCUT2D eigenvalue weighted by atomic mass is 16.2. The van der Waals surface area contributed by atoms with Gasteiger partial charge in [-0.1, -0.05) is 34.1 Å². The molecule has 1 aromatic rings. The number of amides is 1. The predicted octanol–water partition coefficient (Wildman–Crippen LogP) is 3.30. The van der Waals surface area contributed by atoms with Crippen molar-refractivity contribution in [3.8, 4) is 0 Å². The number of rotatable bonds is 3. The maximum atomic E-state index is 12.2. The Morgan fingerprint density at radius 2 is 2.28 bits per heavy atom. The van der Waals surface area contributed by atoms with E-state index in [-0.39, 0.29) is 17.2 Å². The molecule has 1 amide bonds. The Kier molecular flexibility index (Phi) is 3.46. The van der Waals surface area contributed by atoms with Crippen LogP contribution in [0.15, 0.2) is 6.07 Å². The van der Waals surface area contributed by atoms with Gasteiger partial charge in [0, 0.05) is 17.7 Å². The van der Waals surface area contributed by atoms with Crippen LogP contribution in [-0.2, 0) is 4.79 Å². The molecule has 1 atom stereocenters. The average molecular weight is 249 g/mol. The van der Waals surface area contributed by atoms with Crippen molar-refractivity contribution in [3.63, 3.8) is 0 Å². The molecule has 1 aliphatic carbocycles. The minimum Gasteiger partial charge on any atom is -0.309 e. The second kappa shape index (κ2) is 4.75. The van der Waals surface area contributed by atoms with Crippen molar-refractivity contribution >= 4 is 11.7 Å². The van der Waals surface area contributed by atoms with Gasteiger partial charge in [0.2, 0.25) is 5.91 Å². The first kappa shape index (κ1) is 13.1. The molecule has 100 valence electrons. The normalized spacial score (nSPS) is 22.4. The third-order valence-corrected chi connectivity index (χ3v) is 4.04. The molecule has 1 unspecified atom stereocenters. The number of hydrogen-bond donors (Lipinski definition) is 2. The molecule has 18 heavy (non-hydrogen) atoms. The fraction of sp³-hybridized carbons (Fsp3) is 0.714. The van der Waals surface area contributed by atoms with E-state index >= 15 is 0 Å². The molecule has 0 aliphatic heterocycles. The molecule has 0 spiro atoms. The van der Waals surface area contributed by atoms with Crippen LogP contribution in [0.2, 0.25) is 0 Å². The van der Waals surface area contributed by atoms with Crippen LogP contribution in [0, 0.1) is 11.3 Å². The van der Waals surface area contributed by atoms with E-state index in [0.29, 0.717) is 11.7 Å². The lowest BCUT2D eigenvalue weighted by Crippen LogP contribution is -2.30. The summed E-state index contributed by atoms with van der Waals surface area (Å²) in [6.45, 7) is 8.54. The maximum absolute atomic E-state index is 12.2. The third kappa shape index (κ3) is 2.57. The Hall–Kier alpha value is -1.32. The van der Waals surface area contributed by atoms with E-state index in [0.717, 1.165) is 25.0 Å². The summed E-state index contributed by atoms with van der Waals surface area (Å²) in [6, 6.07) is 1.92. The summed E-state index contributed by atoms with van der Waals surface area (Å²) in [5.74, 6) is 1.26. The van der Waals surface area contributed by atoms with Crippen molar-refractivity contribution in [2.24, 2.45) is 11.3 Å². The zero-order valence-corrected chi connectivity index (χ0v) is 11.7. The van der Waals surface area contributed by atoms with Crippen LogP contribution in [0.25, 0.3) is 0 Å². The monoisotopic (exact) mass is 249 g/mol. The van der Waals surface area contributed by atoms with E-state index in [4.69, 9.17) is 0 Å². The lowest BCUT2D eigenvalue weighted by atomic mass is 9.81. The molecule has 4 heteroatoms. The molecule has 2 N–H and O–H groups in total. The van der Waals surface area contributed by atoms with E-state index in [1.807, 2.05) is 6.07 Å². The fourth-order valence-corrected chi connectivity index (χ4v) is 2.72. The Balaban J connectivity index is 2.02. The minimum atomic E-state index is 0.108. The molecule has 1 heterocycles. The number of anilines is 1. The quantitative estimate of drug-likeness (QED) is 0.863. The van der Waals surface area contributed by atoms with Crippen LogP contribution in [0.4, 0.5) is 5.82 Å². The summed E-state index contributed by atoms with van der Waals surface area (Å²) in [5, 5.41) is 10.0. The Bertz CT molecular complexity index is 434. The number of aromatic nitrogens is 2. The topological polar surface area (TPSA) is 57.8 Å². The summed E-state index contributed by atoms with van der Waals surface area (Å²) in [6.07, 6.45) is 3.26. The van der Waals surface area contributed by atoms with Crippen molar-refractivity contribution in [3.05, 3.63) is 11.8 Å². The number of carbonyl (C=O) groups is 1. The van der Waals surface area contributed by atoms with Gasteiger partial charge in [-0.05, 0) is 24.2 Å². The Morgan fingerprint density at radius 3 is 2.78 bits per heavy atom. The summed E-state index contributed by atoms with van der Waals surface area (Å²) >= 11 is 0. The number of nitrogens with zero attached hydrogens (tertiary/aromatic N) is 1. The number of carbonyl (C=O) groups excluding carboxylic acids is 1. The van der Waals surface area contributed by atoms with Crippen LogP contribution in [0.5, 0.6) is 0 Å². The molecule has 0 saturated heterocycles. The second-order valence-corrected chi connectivity index (χ2v) is 6.29. The van der Waals surface area contributed by atoms with Gasteiger partial charge in [-0.2, -0.15) is 5.10 Å². The van der Waals surface area contributed by atoms with Crippen molar-refractivity contribution in [2.45, 2.75) is 52.9 Å². The molecule has 0 bridgehead atoms. The SMILES string of the molecule is CC(C)c1cc(NC(=O)C2CCCC2(C)C)n[nH]1. The largest absolute Gasteiger partial charge is 0.309 e. The summed E-state index contributed by atoms with van der Waals surface area (Å²) in [4.78, 5) is 12.2. The fourth-order valence-electron chi connectivity index (χ4n) is 2.72.